The van der Waals surface area contributed by atoms with Crippen LogP contribution in [0.4, 0.5) is 0 Å². The van der Waals surface area contributed by atoms with Crippen LogP contribution < -0.4 is 9.47 Å². The minimum atomic E-state index is -0.520. The van der Waals surface area contributed by atoms with E-state index in [0.29, 0.717) is 17.1 Å². The van der Waals surface area contributed by atoms with Gasteiger partial charge in [0.15, 0.2) is 6.10 Å². The van der Waals surface area contributed by atoms with Gasteiger partial charge in [-0.1, -0.05) is 13.0 Å². The Morgan fingerprint density at radius 1 is 1.50 bits per heavy atom. The summed E-state index contributed by atoms with van der Waals surface area (Å²) >= 11 is 0. The summed E-state index contributed by atoms with van der Waals surface area (Å²) in [6.45, 7) is 2.19. The van der Waals surface area contributed by atoms with E-state index in [1.807, 2.05) is 13.0 Å². The van der Waals surface area contributed by atoms with Gasteiger partial charge in [0, 0.05) is 6.07 Å². The molecule has 1 aromatic rings. The highest BCUT2D eigenvalue weighted by Crippen LogP contribution is 2.32. The van der Waals surface area contributed by atoms with Gasteiger partial charge in [0.25, 0.3) is 0 Å². The molecule has 0 aromatic heterocycles. The van der Waals surface area contributed by atoms with Crippen molar-refractivity contribution >= 4 is 5.78 Å². The highest BCUT2D eigenvalue weighted by Gasteiger charge is 2.30. The van der Waals surface area contributed by atoms with Gasteiger partial charge in [-0.05, 0) is 24.6 Å². The van der Waals surface area contributed by atoms with Crippen molar-refractivity contribution in [2.24, 2.45) is 0 Å². The number of carbonyl (C=O) groups is 1. The van der Waals surface area contributed by atoms with Crippen LogP contribution in [0.3, 0.4) is 0 Å². The van der Waals surface area contributed by atoms with Gasteiger partial charge < -0.3 is 14.6 Å². The molecular weight excluding hydrogens is 232 g/mol. The Bertz CT molecular complexity index is 465. The second kappa shape index (κ2) is 5.69. The number of benzene rings is 1. The van der Waals surface area contributed by atoms with Crippen LogP contribution in [0.2, 0.25) is 0 Å². The number of hydrogen-bond donors (Lipinski definition) is 1. The summed E-state index contributed by atoms with van der Waals surface area (Å²) < 4.78 is 10.8. The largest absolute Gasteiger partial charge is 0.491 e. The molecule has 96 valence electrons. The summed E-state index contributed by atoms with van der Waals surface area (Å²) in [6, 6.07) is 5.09. The van der Waals surface area contributed by atoms with Gasteiger partial charge in [0.1, 0.15) is 18.1 Å². The van der Waals surface area contributed by atoms with Crippen molar-refractivity contribution in [3.05, 3.63) is 35.9 Å². The first-order valence-electron chi connectivity index (χ1n) is 6.01. The van der Waals surface area contributed by atoms with Gasteiger partial charge in [-0.3, -0.25) is 4.79 Å². The van der Waals surface area contributed by atoms with E-state index < -0.39 is 6.10 Å². The number of Topliss-reactive ketones (excluding diaryl/α,β-unsaturated/α-hetero) is 1. The molecule has 4 nitrogen and oxygen atoms in total. The van der Waals surface area contributed by atoms with Crippen molar-refractivity contribution in [3.63, 3.8) is 0 Å². The molecule has 0 aliphatic carbocycles. The van der Waals surface area contributed by atoms with E-state index >= 15 is 0 Å². The van der Waals surface area contributed by atoms with Crippen LogP contribution in [-0.4, -0.2) is 30.2 Å². The van der Waals surface area contributed by atoms with Crippen molar-refractivity contribution in [1.82, 2.24) is 0 Å². The predicted molar refractivity (Wildman–Crippen MR) is 67.2 cm³/mol. The third-order valence-corrected chi connectivity index (χ3v) is 2.64. The summed E-state index contributed by atoms with van der Waals surface area (Å²) in [6.07, 6.45) is 4.04. The third-order valence-electron chi connectivity index (χ3n) is 2.64. The van der Waals surface area contributed by atoms with Crippen LogP contribution in [0.15, 0.2) is 30.4 Å². The molecular formula is C14H16O4. The van der Waals surface area contributed by atoms with E-state index in [9.17, 15) is 4.79 Å². The van der Waals surface area contributed by atoms with Crippen LogP contribution in [0.25, 0.3) is 0 Å². The third kappa shape index (κ3) is 2.54. The van der Waals surface area contributed by atoms with Crippen LogP contribution >= 0.6 is 0 Å². The van der Waals surface area contributed by atoms with Gasteiger partial charge in [0.2, 0.25) is 5.78 Å². The lowest BCUT2D eigenvalue weighted by Crippen LogP contribution is -2.16. The number of ketones is 1. The Hall–Kier alpha value is -1.81. The Morgan fingerprint density at radius 3 is 3.06 bits per heavy atom. The molecule has 18 heavy (non-hydrogen) atoms. The first-order chi connectivity index (χ1) is 8.76. The van der Waals surface area contributed by atoms with E-state index in [1.54, 1.807) is 24.3 Å². The zero-order valence-corrected chi connectivity index (χ0v) is 10.3. The Morgan fingerprint density at radius 2 is 2.33 bits per heavy atom. The second-order valence-electron chi connectivity index (χ2n) is 3.97. The Balaban J connectivity index is 2.15. The lowest BCUT2D eigenvalue weighted by molar-refractivity contribution is 0.0905. The molecule has 2 rings (SSSR count). The average molecular weight is 248 g/mol. The van der Waals surface area contributed by atoms with Gasteiger partial charge in [-0.25, -0.2) is 0 Å². The minimum absolute atomic E-state index is 0.0246. The summed E-state index contributed by atoms with van der Waals surface area (Å²) in [5.41, 5.74) is 0.581. The number of rotatable bonds is 5. The summed E-state index contributed by atoms with van der Waals surface area (Å²) in [4.78, 5) is 12.0. The van der Waals surface area contributed by atoms with Gasteiger partial charge in [-0.2, -0.15) is 0 Å². The molecule has 1 aliphatic heterocycles. The molecule has 4 heteroatoms. The normalized spacial score (nSPS) is 17.9. The van der Waals surface area contributed by atoms with Crippen molar-refractivity contribution in [3.8, 4) is 11.5 Å². The predicted octanol–water partition coefficient (Wildman–Crippen LogP) is 1.97. The van der Waals surface area contributed by atoms with Gasteiger partial charge in [-0.15, -0.1) is 0 Å². The average Bonchev–Trinajstić information content (AvgIpc) is 2.70. The Kier molecular flexibility index (Phi) is 3.99. The van der Waals surface area contributed by atoms with E-state index in [-0.39, 0.29) is 19.0 Å². The molecule has 1 atom stereocenters. The van der Waals surface area contributed by atoms with Crippen molar-refractivity contribution in [1.29, 1.82) is 0 Å². The standard InChI is InChI=1S/C14H16O4/c1-2-3-4-12-14(16)11-6-5-10(17-8-7-15)9-13(11)18-12/h3-6,9,12,15H,2,7-8H2,1H3. The topological polar surface area (TPSA) is 55.8 Å². The van der Waals surface area contributed by atoms with Crippen LogP contribution in [0.1, 0.15) is 23.7 Å². The molecule has 1 N–H and O–H groups in total. The number of fused-ring (bicyclic) bond motifs is 1. The molecule has 0 radical (unpaired) electrons. The minimum Gasteiger partial charge on any atom is -0.491 e. The van der Waals surface area contributed by atoms with E-state index in [1.165, 1.54) is 0 Å². The van der Waals surface area contributed by atoms with E-state index in [4.69, 9.17) is 14.6 Å². The molecule has 1 aromatic carbocycles. The maximum absolute atomic E-state index is 12.0. The van der Waals surface area contributed by atoms with Crippen molar-refractivity contribution in [2.75, 3.05) is 13.2 Å². The zero-order chi connectivity index (χ0) is 13.0. The fourth-order valence-corrected chi connectivity index (χ4v) is 1.79. The van der Waals surface area contributed by atoms with Crippen LogP contribution in [-0.2, 0) is 0 Å². The lowest BCUT2D eigenvalue weighted by Gasteiger charge is -2.06. The molecule has 0 amide bonds. The highest BCUT2D eigenvalue weighted by atomic mass is 16.5. The summed E-state index contributed by atoms with van der Waals surface area (Å²) in [5.74, 6) is 1.11. The van der Waals surface area contributed by atoms with Crippen molar-refractivity contribution < 1.29 is 19.4 Å². The fraction of sp³-hybridized carbons (Fsp3) is 0.357. The number of ether oxygens (including phenoxy) is 2. The molecule has 0 saturated carbocycles. The summed E-state index contributed by atoms with van der Waals surface area (Å²) in [7, 11) is 0. The molecule has 0 saturated heterocycles. The molecule has 0 bridgehead atoms. The Labute approximate surface area is 106 Å². The maximum Gasteiger partial charge on any atom is 0.211 e. The lowest BCUT2D eigenvalue weighted by atomic mass is 10.1. The zero-order valence-electron chi connectivity index (χ0n) is 10.3. The number of hydrogen-bond acceptors (Lipinski definition) is 4. The van der Waals surface area contributed by atoms with Crippen LogP contribution in [0, 0.1) is 0 Å². The summed E-state index contributed by atoms with van der Waals surface area (Å²) in [5, 5.41) is 8.68. The smallest absolute Gasteiger partial charge is 0.211 e. The quantitative estimate of drug-likeness (QED) is 0.809. The SMILES string of the molecule is CCC=CC1Oc2cc(OCCO)ccc2C1=O. The number of aliphatic hydroxyl groups excluding tert-OH is 1. The first kappa shape index (κ1) is 12.6. The van der Waals surface area contributed by atoms with Crippen LogP contribution in [0.5, 0.6) is 11.5 Å². The van der Waals surface area contributed by atoms with Gasteiger partial charge in [0.05, 0.1) is 12.2 Å². The number of aliphatic hydroxyl groups is 1. The molecule has 1 unspecified atom stereocenters. The molecule has 0 fully saturated rings. The monoisotopic (exact) mass is 248 g/mol. The highest BCUT2D eigenvalue weighted by molar-refractivity contribution is 6.05. The maximum atomic E-state index is 12.0. The van der Waals surface area contributed by atoms with E-state index in [0.717, 1.165) is 6.42 Å². The molecule has 1 heterocycles. The van der Waals surface area contributed by atoms with Crippen molar-refractivity contribution in [2.45, 2.75) is 19.4 Å². The fourth-order valence-electron chi connectivity index (χ4n) is 1.79. The second-order valence-corrected chi connectivity index (χ2v) is 3.97. The number of allylic oxidation sites excluding steroid dienone is 1. The van der Waals surface area contributed by atoms with E-state index in [2.05, 4.69) is 0 Å². The number of carbonyl (C=O) groups excluding carboxylic acids is 1. The molecule has 0 spiro atoms. The molecule has 1 aliphatic rings. The van der Waals surface area contributed by atoms with Gasteiger partial charge >= 0.3 is 0 Å². The first-order valence-corrected chi connectivity index (χ1v) is 6.01.